The van der Waals surface area contributed by atoms with E-state index in [1.807, 2.05) is 18.7 Å². The van der Waals surface area contributed by atoms with Gasteiger partial charge in [0, 0.05) is 36.3 Å². The van der Waals surface area contributed by atoms with Gasteiger partial charge >= 0.3 is 0 Å². The number of nitriles is 1. The Hall–Kier alpha value is -3.37. The summed E-state index contributed by atoms with van der Waals surface area (Å²) in [5.74, 6) is -0.229. The van der Waals surface area contributed by atoms with Crippen molar-refractivity contribution in [1.29, 1.82) is 5.26 Å². The van der Waals surface area contributed by atoms with Crippen LogP contribution in [0.2, 0.25) is 0 Å². The number of fused-ring (bicyclic) bond motifs is 1. The van der Waals surface area contributed by atoms with Crippen molar-refractivity contribution in [3.63, 3.8) is 0 Å². The minimum Gasteiger partial charge on any atom is -0.383 e. The Bertz CT molecular complexity index is 1110. The summed E-state index contributed by atoms with van der Waals surface area (Å²) in [6.45, 7) is 5.02. The largest absolute Gasteiger partial charge is 0.383 e. The lowest BCUT2D eigenvalue weighted by atomic mass is 10.0. The molecule has 3 heterocycles. The maximum absolute atomic E-state index is 13.3. The number of rotatable bonds is 4. The van der Waals surface area contributed by atoms with Crippen molar-refractivity contribution < 1.29 is 14.3 Å². The first-order valence-corrected chi connectivity index (χ1v) is 10.0. The van der Waals surface area contributed by atoms with Gasteiger partial charge in [-0.05, 0) is 56.5 Å². The molecule has 1 fully saturated rings. The quantitative estimate of drug-likeness (QED) is 0.764. The number of benzene rings is 1. The van der Waals surface area contributed by atoms with Gasteiger partial charge in [-0.1, -0.05) is 0 Å². The van der Waals surface area contributed by atoms with E-state index in [4.69, 9.17) is 4.74 Å². The number of nitrogens with one attached hydrogen (secondary N) is 2. The molecule has 154 valence electrons. The molecular formula is C23H24N4O3. The summed E-state index contributed by atoms with van der Waals surface area (Å²) >= 11 is 0. The van der Waals surface area contributed by atoms with Crippen molar-refractivity contribution in [2.24, 2.45) is 0 Å². The lowest BCUT2D eigenvalue weighted by Gasteiger charge is -2.24. The molecule has 0 spiro atoms. The van der Waals surface area contributed by atoms with E-state index in [0.29, 0.717) is 34.6 Å². The molecule has 2 N–H and O–H groups in total. The molecule has 1 aromatic carbocycles. The van der Waals surface area contributed by atoms with Gasteiger partial charge in [-0.3, -0.25) is 9.59 Å². The number of aromatic nitrogens is 1. The number of amides is 2. The number of H-pyrrole nitrogens is 1. The molecule has 1 atom stereocenters. The fourth-order valence-corrected chi connectivity index (χ4v) is 4.40. The average Bonchev–Trinajstić information content (AvgIpc) is 3.39. The molecule has 2 aromatic rings. The van der Waals surface area contributed by atoms with Gasteiger partial charge in [0.1, 0.15) is 0 Å². The molecule has 1 aromatic heterocycles. The monoisotopic (exact) mass is 404 g/mol. The highest BCUT2D eigenvalue weighted by Crippen LogP contribution is 2.35. The number of aryl methyl sites for hydroxylation is 1. The third kappa shape index (κ3) is 3.29. The molecule has 0 aliphatic carbocycles. The van der Waals surface area contributed by atoms with Gasteiger partial charge in [0.2, 0.25) is 0 Å². The number of carbonyl (C=O) groups excluding carboxylic acids is 2. The van der Waals surface area contributed by atoms with Crippen molar-refractivity contribution >= 4 is 29.2 Å². The Morgan fingerprint density at radius 1 is 1.40 bits per heavy atom. The van der Waals surface area contributed by atoms with Crippen molar-refractivity contribution in [1.82, 2.24) is 9.88 Å². The number of methoxy groups -OCH3 is 1. The van der Waals surface area contributed by atoms with Gasteiger partial charge in [-0.25, -0.2) is 0 Å². The van der Waals surface area contributed by atoms with E-state index in [0.717, 1.165) is 36.3 Å². The Morgan fingerprint density at radius 3 is 2.93 bits per heavy atom. The van der Waals surface area contributed by atoms with Crippen LogP contribution in [0.4, 0.5) is 5.69 Å². The van der Waals surface area contributed by atoms with Crippen molar-refractivity contribution in [2.45, 2.75) is 32.7 Å². The molecule has 0 unspecified atom stereocenters. The predicted octanol–water partition coefficient (Wildman–Crippen LogP) is 3.25. The van der Waals surface area contributed by atoms with Crippen LogP contribution in [0.25, 0.3) is 11.6 Å². The number of ether oxygens (including phenoxy) is 1. The highest BCUT2D eigenvalue weighted by molar-refractivity contribution is 6.35. The molecule has 7 heteroatoms. The number of aromatic amines is 1. The first kappa shape index (κ1) is 19.9. The normalized spacial score (nSPS) is 19.1. The highest BCUT2D eigenvalue weighted by atomic mass is 16.5. The molecular weight excluding hydrogens is 380 g/mol. The van der Waals surface area contributed by atoms with Gasteiger partial charge in [0.25, 0.3) is 11.8 Å². The van der Waals surface area contributed by atoms with Crippen LogP contribution in [0.15, 0.2) is 18.2 Å². The van der Waals surface area contributed by atoms with Crippen molar-refractivity contribution in [2.75, 3.05) is 25.6 Å². The third-order valence-electron chi connectivity index (χ3n) is 5.91. The number of carbonyl (C=O) groups is 2. The zero-order valence-electron chi connectivity index (χ0n) is 17.3. The average molecular weight is 404 g/mol. The van der Waals surface area contributed by atoms with Gasteiger partial charge in [0.15, 0.2) is 0 Å². The minimum atomic E-state index is -0.223. The first-order valence-electron chi connectivity index (χ1n) is 10.0. The van der Waals surface area contributed by atoms with Crippen molar-refractivity contribution in [3.05, 3.63) is 51.8 Å². The number of hydrogen-bond donors (Lipinski definition) is 2. The van der Waals surface area contributed by atoms with Crippen molar-refractivity contribution in [3.8, 4) is 6.07 Å². The summed E-state index contributed by atoms with van der Waals surface area (Å²) < 4.78 is 5.28. The summed E-state index contributed by atoms with van der Waals surface area (Å²) in [5.41, 5.74) is 5.30. The molecule has 1 saturated heterocycles. The lowest BCUT2D eigenvalue weighted by molar-refractivity contribution is -0.110. The van der Waals surface area contributed by atoms with Crippen LogP contribution in [-0.4, -0.2) is 48.0 Å². The van der Waals surface area contributed by atoms with E-state index in [9.17, 15) is 14.9 Å². The standard InChI is InChI=1S/C23H24N4O3/c1-13-20(10-18-17-9-15(11-24)6-7-19(17)26-22(18)28)25-14(2)21(13)23(29)27-8-4-5-16(27)12-30-3/h6-7,9-10,16,25H,4-5,8,12H2,1-3H3,(H,26,28)/b18-10-/t16-/m0/s1. The molecule has 0 saturated carbocycles. The number of anilines is 1. The maximum Gasteiger partial charge on any atom is 0.256 e. The SMILES string of the molecule is COC[C@@H]1CCCN1C(=O)c1c(C)[nH]c(/C=C2\C(=O)Nc3ccc(C#N)cc32)c1C. The van der Waals surface area contributed by atoms with Gasteiger partial charge in [0.05, 0.1) is 35.4 Å². The summed E-state index contributed by atoms with van der Waals surface area (Å²) in [6.07, 6.45) is 3.67. The molecule has 4 rings (SSSR count). The second-order valence-electron chi connectivity index (χ2n) is 7.80. The van der Waals surface area contributed by atoms with E-state index in [1.165, 1.54) is 0 Å². The number of likely N-dealkylation sites (tertiary alicyclic amines) is 1. The maximum atomic E-state index is 13.3. The van der Waals surface area contributed by atoms with Crippen LogP contribution < -0.4 is 5.32 Å². The summed E-state index contributed by atoms with van der Waals surface area (Å²) in [5, 5.41) is 12.0. The molecule has 7 nitrogen and oxygen atoms in total. The number of nitrogens with zero attached hydrogens (tertiary/aromatic N) is 2. The second kappa shape index (κ2) is 7.81. The van der Waals surface area contributed by atoms with E-state index in [-0.39, 0.29) is 17.9 Å². The highest BCUT2D eigenvalue weighted by Gasteiger charge is 2.32. The zero-order chi connectivity index (χ0) is 21.4. The molecule has 0 radical (unpaired) electrons. The zero-order valence-corrected chi connectivity index (χ0v) is 17.3. The van der Waals surface area contributed by atoms with Crippen LogP contribution in [-0.2, 0) is 9.53 Å². The first-order chi connectivity index (χ1) is 14.4. The Balaban J connectivity index is 1.71. The molecule has 2 aliphatic rings. The Kier molecular flexibility index (Phi) is 5.18. The van der Waals surface area contributed by atoms with Crippen LogP contribution >= 0.6 is 0 Å². The summed E-state index contributed by atoms with van der Waals surface area (Å²) in [4.78, 5) is 31.0. The van der Waals surface area contributed by atoms with Crippen LogP contribution in [0.3, 0.4) is 0 Å². The molecule has 2 aliphatic heterocycles. The third-order valence-corrected chi connectivity index (χ3v) is 5.91. The predicted molar refractivity (Wildman–Crippen MR) is 114 cm³/mol. The smallest absolute Gasteiger partial charge is 0.256 e. The van der Waals surface area contributed by atoms with Crippen LogP contribution in [0.5, 0.6) is 0 Å². The lowest BCUT2D eigenvalue weighted by Crippen LogP contribution is -2.38. The Morgan fingerprint density at radius 2 is 2.20 bits per heavy atom. The number of hydrogen-bond acceptors (Lipinski definition) is 4. The van der Waals surface area contributed by atoms with E-state index in [2.05, 4.69) is 16.4 Å². The fraction of sp³-hybridized carbons (Fsp3) is 0.348. The summed E-state index contributed by atoms with van der Waals surface area (Å²) in [6, 6.07) is 7.31. The Labute approximate surface area is 175 Å². The van der Waals surface area contributed by atoms with E-state index < -0.39 is 0 Å². The van der Waals surface area contributed by atoms with Gasteiger partial charge < -0.3 is 19.9 Å². The topological polar surface area (TPSA) is 98.2 Å². The molecule has 30 heavy (non-hydrogen) atoms. The van der Waals surface area contributed by atoms with Crippen LogP contribution in [0.1, 0.15) is 51.3 Å². The van der Waals surface area contributed by atoms with Gasteiger partial charge in [-0.2, -0.15) is 5.26 Å². The van der Waals surface area contributed by atoms with Crippen LogP contribution in [0, 0.1) is 25.2 Å². The molecule has 0 bridgehead atoms. The minimum absolute atomic E-state index is 0.00603. The second-order valence-corrected chi connectivity index (χ2v) is 7.80. The molecule has 2 amide bonds. The summed E-state index contributed by atoms with van der Waals surface area (Å²) in [7, 11) is 1.65. The van der Waals surface area contributed by atoms with Gasteiger partial charge in [-0.15, -0.1) is 0 Å². The fourth-order valence-electron chi connectivity index (χ4n) is 4.40. The van der Waals surface area contributed by atoms with E-state index >= 15 is 0 Å². The van der Waals surface area contributed by atoms with E-state index in [1.54, 1.807) is 31.4 Å².